The van der Waals surface area contributed by atoms with Crippen molar-refractivity contribution in [1.29, 1.82) is 0 Å². The maximum atomic E-state index is 9.37. The molecular weight excluding hydrogens is 270 g/mol. The molecule has 2 N–H and O–H groups in total. The highest BCUT2D eigenvalue weighted by molar-refractivity contribution is 6.32. The van der Waals surface area contributed by atoms with Gasteiger partial charge in [-0.1, -0.05) is 55.8 Å². The van der Waals surface area contributed by atoms with Crippen LogP contribution in [0.25, 0.3) is 0 Å². The van der Waals surface area contributed by atoms with Gasteiger partial charge >= 0.3 is 0 Å². The molecule has 0 saturated carbocycles. The Morgan fingerprint density at radius 1 is 1.00 bits per heavy atom. The van der Waals surface area contributed by atoms with Gasteiger partial charge in [0.1, 0.15) is 5.75 Å². The number of hydrogen-bond acceptors (Lipinski definition) is 2. The van der Waals surface area contributed by atoms with Gasteiger partial charge in [0.05, 0.1) is 5.02 Å². The van der Waals surface area contributed by atoms with Gasteiger partial charge in [0.25, 0.3) is 0 Å². The Bertz CT molecular complexity index is 564. The summed E-state index contributed by atoms with van der Waals surface area (Å²) in [5.41, 5.74) is 3.69. The van der Waals surface area contributed by atoms with Gasteiger partial charge < -0.3 is 10.4 Å². The smallest absolute Gasteiger partial charge is 0.134 e. The highest BCUT2D eigenvalue weighted by Crippen LogP contribution is 2.23. The molecule has 0 aliphatic heterocycles. The predicted molar refractivity (Wildman–Crippen MR) is 84.2 cm³/mol. The van der Waals surface area contributed by atoms with Crippen molar-refractivity contribution in [3.8, 4) is 5.75 Å². The lowest BCUT2D eigenvalue weighted by Gasteiger charge is -2.08. The Morgan fingerprint density at radius 2 is 1.60 bits per heavy atom. The van der Waals surface area contributed by atoms with Crippen molar-refractivity contribution < 1.29 is 5.11 Å². The largest absolute Gasteiger partial charge is 0.506 e. The number of halogens is 1. The van der Waals surface area contributed by atoms with Gasteiger partial charge in [0, 0.05) is 13.1 Å². The summed E-state index contributed by atoms with van der Waals surface area (Å²) in [4.78, 5) is 0. The van der Waals surface area contributed by atoms with E-state index in [2.05, 4.69) is 43.4 Å². The minimum absolute atomic E-state index is 0.125. The van der Waals surface area contributed by atoms with Crippen molar-refractivity contribution in [3.63, 3.8) is 0 Å². The molecule has 0 bridgehead atoms. The van der Waals surface area contributed by atoms with Crippen LogP contribution in [0.3, 0.4) is 0 Å². The van der Waals surface area contributed by atoms with Crippen LogP contribution < -0.4 is 5.32 Å². The lowest BCUT2D eigenvalue weighted by molar-refractivity contribution is 0.475. The average molecular weight is 290 g/mol. The summed E-state index contributed by atoms with van der Waals surface area (Å²) in [6.07, 6.45) is 0. The van der Waals surface area contributed by atoms with Crippen molar-refractivity contribution in [1.82, 2.24) is 5.32 Å². The van der Waals surface area contributed by atoms with Gasteiger partial charge in [0.2, 0.25) is 0 Å². The molecule has 0 heterocycles. The van der Waals surface area contributed by atoms with Gasteiger partial charge in [-0.05, 0) is 34.7 Å². The number of rotatable bonds is 5. The number of nitrogens with one attached hydrogen (secondary N) is 1. The molecule has 0 unspecified atom stereocenters. The zero-order valence-corrected chi connectivity index (χ0v) is 12.6. The lowest BCUT2D eigenvalue weighted by Crippen LogP contribution is -2.12. The van der Waals surface area contributed by atoms with E-state index in [0.717, 1.165) is 18.7 Å². The molecule has 0 aliphatic carbocycles. The molecule has 0 saturated heterocycles. The molecule has 0 spiro atoms. The van der Waals surface area contributed by atoms with Gasteiger partial charge in [0.15, 0.2) is 0 Å². The van der Waals surface area contributed by atoms with Gasteiger partial charge in [-0.3, -0.25) is 0 Å². The van der Waals surface area contributed by atoms with Crippen molar-refractivity contribution in [2.45, 2.75) is 32.9 Å². The van der Waals surface area contributed by atoms with Crippen LogP contribution in [0.4, 0.5) is 0 Å². The topological polar surface area (TPSA) is 32.3 Å². The maximum Gasteiger partial charge on any atom is 0.134 e. The molecule has 106 valence electrons. The highest BCUT2D eigenvalue weighted by Gasteiger charge is 2.01. The molecule has 0 fully saturated rings. The third-order valence-corrected chi connectivity index (χ3v) is 3.62. The Kier molecular flexibility index (Phi) is 5.05. The summed E-state index contributed by atoms with van der Waals surface area (Å²) in [7, 11) is 0. The fourth-order valence-electron chi connectivity index (χ4n) is 2.03. The van der Waals surface area contributed by atoms with Crippen LogP contribution in [0.1, 0.15) is 36.5 Å². The van der Waals surface area contributed by atoms with Crippen LogP contribution in [0, 0.1) is 0 Å². The maximum absolute atomic E-state index is 9.37. The number of phenols is 1. The summed E-state index contributed by atoms with van der Waals surface area (Å²) in [6, 6.07) is 14.0. The monoisotopic (exact) mass is 289 g/mol. The Morgan fingerprint density at radius 3 is 2.20 bits per heavy atom. The number of aromatic hydroxyl groups is 1. The second kappa shape index (κ2) is 6.78. The van der Waals surface area contributed by atoms with E-state index in [-0.39, 0.29) is 5.75 Å². The molecule has 3 heteroatoms. The van der Waals surface area contributed by atoms with E-state index >= 15 is 0 Å². The van der Waals surface area contributed by atoms with Gasteiger partial charge in [-0.25, -0.2) is 0 Å². The molecule has 2 aromatic rings. The van der Waals surface area contributed by atoms with Crippen molar-refractivity contribution >= 4 is 11.6 Å². The summed E-state index contributed by atoms with van der Waals surface area (Å²) >= 11 is 5.88. The first-order valence-electron chi connectivity index (χ1n) is 6.83. The van der Waals surface area contributed by atoms with E-state index in [1.807, 2.05) is 6.07 Å². The Balaban J connectivity index is 1.87. The molecule has 2 rings (SSSR count). The van der Waals surface area contributed by atoms with Crippen LogP contribution in [-0.4, -0.2) is 5.11 Å². The van der Waals surface area contributed by atoms with E-state index < -0.39 is 0 Å². The number of phenolic OH excluding ortho intramolecular Hbond substituents is 1. The molecular formula is C17H20ClNO. The Hall–Kier alpha value is -1.51. The van der Waals surface area contributed by atoms with E-state index in [4.69, 9.17) is 11.6 Å². The molecule has 0 atom stereocenters. The zero-order chi connectivity index (χ0) is 14.5. The third kappa shape index (κ3) is 3.99. The zero-order valence-electron chi connectivity index (χ0n) is 11.9. The molecule has 0 aliphatic rings. The minimum Gasteiger partial charge on any atom is -0.506 e. The quantitative estimate of drug-likeness (QED) is 0.852. The second-order valence-electron chi connectivity index (χ2n) is 5.29. The van der Waals surface area contributed by atoms with E-state index in [0.29, 0.717) is 10.9 Å². The average Bonchev–Trinajstić information content (AvgIpc) is 2.43. The molecule has 0 amide bonds. The van der Waals surface area contributed by atoms with Crippen molar-refractivity contribution in [2.75, 3.05) is 0 Å². The highest BCUT2D eigenvalue weighted by atomic mass is 35.5. The van der Waals surface area contributed by atoms with Crippen LogP contribution in [0.5, 0.6) is 5.75 Å². The minimum atomic E-state index is 0.125. The summed E-state index contributed by atoms with van der Waals surface area (Å²) in [6.45, 7) is 5.94. The fourth-order valence-corrected chi connectivity index (χ4v) is 2.24. The van der Waals surface area contributed by atoms with Crippen LogP contribution in [0.15, 0.2) is 42.5 Å². The summed E-state index contributed by atoms with van der Waals surface area (Å²) in [5, 5.41) is 13.1. The summed E-state index contributed by atoms with van der Waals surface area (Å²) in [5.74, 6) is 0.691. The molecule has 2 aromatic carbocycles. The first-order valence-corrected chi connectivity index (χ1v) is 7.21. The first kappa shape index (κ1) is 14.9. The van der Waals surface area contributed by atoms with Crippen LogP contribution >= 0.6 is 11.6 Å². The Labute approximate surface area is 125 Å². The standard InChI is InChI=1S/C17H20ClNO/c1-12(2)15-6-3-13(4-7-15)10-19-11-14-5-8-17(20)16(18)9-14/h3-9,12,19-20H,10-11H2,1-2H3. The van der Waals surface area contributed by atoms with Gasteiger partial charge in [-0.15, -0.1) is 0 Å². The van der Waals surface area contributed by atoms with Crippen LogP contribution in [-0.2, 0) is 13.1 Å². The molecule has 20 heavy (non-hydrogen) atoms. The third-order valence-electron chi connectivity index (χ3n) is 3.32. The van der Waals surface area contributed by atoms with E-state index in [9.17, 15) is 5.11 Å². The predicted octanol–water partition coefficient (Wildman–Crippen LogP) is 4.46. The fraction of sp³-hybridized carbons (Fsp3) is 0.294. The molecule has 0 aromatic heterocycles. The molecule has 0 radical (unpaired) electrons. The number of hydrogen-bond donors (Lipinski definition) is 2. The van der Waals surface area contributed by atoms with Gasteiger partial charge in [-0.2, -0.15) is 0 Å². The van der Waals surface area contributed by atoms with E-state index in [1.165, 1.54) is 11.1 Å². The van der Waals surface area contributed by atoms with Crippen LogP contribution in [0.2, 0.25) is 5.02 Å². The number of benzene rings is 2. The summed E-state index contributed by atoms with van der Waals surface area (Å²) < 4.78 is 0. The van der Waals surface area contributed by atoms with Crippen molar-refractivity contribution in [3.05, 3.63) is 64.2 Å². The second-order valence-corrected chi connectivity index (χ2v) is 5.69. The van der Waals surface area contributed by atoms with E-state index in [1.54, 1.807) is 12.1 Å². The normalized spacial score (nSPS) is 11.0. The SMILES string of the molecule is CC(C)c1ccc(CNCc2ccc(O)c(Cl)c2)cc1. The molecule has 2 nitrogen and oxygen atoms in total. The lowest BCUT2D eigenvalue weighted by atomic mass is 10.0. The van der Waals surface area contributed by atoms with Crippen molar-refractivity contribution in [2.24, 2.45) is 0 Å². The first-order chi connectivity index (χ1) is 9.56.